The van der Waals surface area contributed by atoms with Gasteiger partial charge in [0.15, 0.2) is 5.76 Å². The molecular weight excluding hydrogens is 405 g/mol. The first-order chi connectivity index (χ1) is 13.2. The fourth-order valence-corrected chi connectivity index (χ4v) is 3.79. The zero-order chi connectivity index (χ0) is 20.3. The number of hydrogen-bond donors (Lipinski definition) is 2. The number of halogens is 1. The van der Waals surface area contributed by atoms with Gasteiger partial charge in [0, 0.05) is 11.3 Å². The largest absolute Gasteiger partial charge is 0.431 e. The van der Waals surface area contributed by atoms with Crippen molar-refractivity contribution in [3.63, 3.8) is 0 Å². The highest BCUT2D eigenvalue weighted by Gasteiger charge is 2.14. The summed E-state index contributed by atoms with van der Waals surface area (Å²) in [6.45, 7) is 1.61. The molecule has 3 aromatic rings. The highest BCUT2D eigenvalue weighted by Crippen LogP contribution is 2.26. The van der Waals surface area contributed by atoms with Crippen LogP contribution in [0.4, 0.5) is 10.1 Å². The lowest BCUT2D eigenvalue weighted by molar-refractivity contribution is -0.113. The number of thioether (sulfide) groups is 1. The maximum atomic E-state index is 13.0. The van der Waals surface area contributed by atoms with Crippen molar-refractivity contribution in [1.82, 2.24) is 4.98 Å². The summed E-state index contributed by atoms with van der Waals surface area (Å²) >= 11 is 1.07. The smallest absolute Gasteiger partial charge is 0.256 e. The molecule has 0 aliphatic carbocycles. The van der Waals surface area contributed by atoms with E-state index in [1.165, 1.54) is 24.4 Å². The molecule has 0 atom stereocenters. The van der Waals surface area contributed by atoms with Crippen molar-refractivity contribution in [2.24, 2.45) is 5.14 Å². The van der Waals surface area contributed by atoms with Gasteiger partial charge in [-0.1, -0.05) is 17.8 Å². The van der Waals surface area contributed by atoms with Crippen molar-refractivity contribution in [2.75, 3.05) is 11.1 Å². The summed E-state index contributed by atoms with van der Waals surface area (Å²) in [5.74, 6) is -0.256. The Labute approximate surface area is 165 Å². The third kappa shape index (κ3) is 4.97. The second kappa shape index (κ2) is 8.13. The maximum Gasteiger partial charge on any atom is 0.256 e. The predicted octanol–water partition coefficient (Wildman–Crippen LogP) is 3.17. The van der Waals surface area contributed by atoms with Gasteiger partial charge >= 0.3 is 0 Å². The molecule has 1 aromatic heterocycles. The maximum absolute atomic E-state index is 13.0. The van der Waals surface area contributed by atoms with E-state index in [0.29, 0.717) is 22.6 Å². The first-order valence-corrected chi connectivity index (χ1v) is 10.5. The number of amides is 1. The number of hydrogen-bond acceptors (Lipinski definition) is 6. The van der Waals surface area contributed by atoms with Crippen LogP contribution in [0.5, 0.6) is 0 Å². The number of carbonyl (C=O) groups is 1. The quantitative estimate of drug-likeness (QED) is 0.591. The first kappa shape index (κ1) is 20.1. The number of nitrogens with one attached hydrogen (secondary N) is 1. The van der Waals surface area contributed by atoms with Crippen LogP contribution >= 0.6 is 11.8 Å². The second-order valence-electron chi connectivity index (χ2n) is 5.86. The summed E-state index contributed by atoms with van der Waals surface area (Å²) in [4.78, 5) is 16.2. The molecule has 0 spiro atoms. The topological polar surface area (TPSA) is 115 Å². The Morgan fingerprint density at radius 3 is 2.64 bits per heavy atom. The van der Waals surface area contributed by atoms with Crippen LogP contribution in [-0.4, -0.2) is 25.1 Å². The number of nitrogens with two attached hydrogens (primary N) is 1. The van der Waals surface area contributed by atoms with E-state index >= 15 is 0 Å². The van der Waals surface area contributed by atoms with Crippen molar-refractivity contribution < 1.29 is 22.0 Å². The monoisotopic (exact) mass is 421 g/mol. The molecular formula is C18H16FN3O4S2. The molecule has 0 fully saturated rings. The molecule has 0 radical (unpaired) electrons. The fourth-order valence-electron chi connectivity index (χ4n) is 2.38. The molecule has 3 N–H and O–H groups in total. The first-order valence-electron chi connectivity index (χ1n) is 8.00. The molecule has 2 aromatic carbocycles. The number of aryl methyl sites for hydroxylation is 1. The molecule has 146 valence electrons. The van der Waals surface area contributed by atoms with Gasteiger partial charge in [0.05, 0.1) is 16.8 Å². The lowest BCUT2D eigenvalue weighted by atomic mass is 10.2. The molecule has 28 heavy (non-hydrogen) atoms. The SMILES string of the molecule is Cc1ccc(NC(=O)CSc2ncc(-c3ccc(F)cc3)o2)cc1S(N)(=O)=O. The average molecular weight is 421 g/mol. The number of primary sulfonamides is 1. The minimum Gasteiger partial charge on any atom is -0.431 e. The summed E-state index contributed by atoms with van der Waals surface area (Å²) in [5, 5.41) is 8.05. The lowest BCUT2D eigenvalue weighted by Crippen LogP contribution is -2.17. The standard InChI is InChI=1S/C18H16FN3O4S2/c1-11-2-7-14(8-16(11)28(20,24)25)22-17(23)10-27-18-21-9-15(26-18)12-3-5-13(19)6-4-12/h2-9H,10H2,1H3,(H,22,23)(H2,20,24,25). The Balaban J connectivity index is 1.62. The van der Waals surface area contributed by atoms with Crippen LogP contribution < -0.4 is 10.5 Å². The summed E-state index contributed by atoms with van der Waals surface area (Å²) in [6, 6.07) is 10.2. The molecule has 0 bridgehead atoms. The Morgan fingerprint density at radius 1 is 1.25 bits per heavy atom. The summed E-state index contributed by atoms with van der Waals surface area (Å²) < 4.78 is 41.6. The zero-order valence-electron chi connectivity index (χ0n) is 14.7. The Morgan fingerprint density at radius 2 is 1.96 bits per heavy atom. The van der Waals surface area contributed by atoms with Crippen molar-refractivity contribution in [3.05, 3.63) is 60.0 Å². The lowest BCUT2D eigenvalue weighted by Gasteiger charge is -2.08. The van der Waals surface area contributed by atoms with Crippen LogP contribution in [0.3, 0.4) is 0 Å². The molecule has 10 heteroatoms. The van der Waals surface area contributed by atoms with E-state index in [-0.39, 0.29) is 27.6 Å². The van der Waals surface area contributed by atoms with Crippen LogP contribution in [0.15, 0.2) is 63.2 Å². The van der Waals surface area contributed by atoms with Gasteiger partial charge in [-0.25, -0.2) is 22.9 Å². The summed E-state index contributed by atoms with van der Waals surface area (Å²) in [5.41, 5.74) is 1.47. The molecule has 1 amide bonds. The Bertz CT molecular complexity index is 1110. The molecule has 0 aliphatic heterocycles. The summed E-state index contributed by atoms with van der Waals surface area (Å²) in [7, 11) is -3.88. The van der Waals surface area contributed by atoms with Gasteiger partial charge in [-0.05, 0) is 48.9 Å². The van der Waals surface area contributed by atoms with Gasteiger partial charge < -0.3 is 9.73 Å². The van der Waals surface area contributed by atoms with E-state index in [0.717, 1.165) is 11.8 Å². The molecule has 7 nitrogen and oxygen atoms in total. The molecule has 0 saturated carbocycles. The van der Waals surface area contributed by atoms with E-state index in [9.17, 15) is 17.6 Å². The van der Waals surface area contributed by atoms with Crippen LogP contribution in [-0.2, 0) is 14.8 Å². The summed E-state index contributed by atoms with van der Waals surface area (Å²) in [6.07, 6.45) is 1.49. The fraction of sp³-hybridized carbons (Fsp3) is 0.111. The van der Waals surface area contributed by atoms with Gasteiger partial charge in [-0.2, -0.15) is 0 Å². The number of aromatic nitrogens is 1. The highest BCUT2D eigenvalue weighted by atomic mass is 32.2. The number of carbonyl (C=O) groups excluding carboxylic acids is 1. The van der Waals surface area contributed by atoms with Gasteiger partial charge in [0.2, 0.25) is 15.9 Å². The van der Waals surface area contributed by atoms with E-state index in [1.54, 1.807) is 31.2 Å². The Kier molecular flexibility index (Phi) is 5.82. The van der Waals surface area contributed by atoms with Crippen molar-refractivity contribution in [2.45, 2.75) is 17.0 Å². The minimum absolute atomic E-state index is 0.00194. The number of sulfonamides is 1. The van der Waals surface area contributed by atoms with Gasteiger partial charge in [-0.3, -0.25) is 4.79 Å². The van der Waals surface area contributed by atoms with Crippen molar-refractivity contribution in [3.8, 4) is 11.3 Å². The normalized spacial score (nSPS) is 11.4. The Hall–Kier alpha value is -2.69. The number of anilines is 1. The van der Waals surface area contributed by atoms with E-state index in [2.05, 4.69) is 10.3 Å². The molecule has 1 heterocycles. The number of nitrogens with zero attached hydrogens (tertiary/aromatic N) is 1. The van der Waals surface area contributed by atoms with E-state index in [4.69, 9.17) is 9.56 Å². The van der Waals surface area contributed by atoms with Crippen LogP contribution in [0.1, 0.15) is 5.56 Å². The molecule has 3 rings (SSSR count). The molecule has 0 aliphatic rings. The van der Waals surface area contributed by atoms with Crippen LogP contribution in [0, 0.1) is 12.7 Å². The number of benzene rings is 2. The zero-order valence-corrected chi connectivity index (χ0v) is 16.3. The predicted molar refractivity (Wildman–Crippen MR) is 104 cm³/mol. The van der Waals surface area contributed by atoms with Gasteiger partial charge in [0.1, 0.15) is 5.82 Å². The molecule has 0 saturated heterocycles. The third-order valence-corrected chi connectivity index (χ3v) is 5.61. The van der Waals surface area contributed by atoms with Crippen LogP contribution in [0.2, 0.25) is 0 Å². The van der Waals surface area contributed by atoms with E-state index in [1.807, 2.05) is 0 Å². The number of rotatable bonds is 6. The highest BCUT2D eigenvalue weighted by molar-refractivity contribution is 7.99. The van der Waals surface area contributed by atoms with Gasteiger partial charge in [0.25, 0.3) is 5.22 Å². The van der Waals surface area contributed by atoms with Crippen LogP contribution in [0.25, 0.3) is 11.3 Å². The van der Waals surface area contributed by atoms with E-state index < -0.39 is 10.0 Å². The van der Waals surface area contributed by atoms with Crippen molar-refractivity contribution >= 4 is 33.4 Å². The third-order valence-electron chi connectivity index (χ3n) is 3.72. The number of oxazole rings is 1. The molecule has 0 unspecified atom stereocenters. The second-order valence-corrected chi connectivity index (χ2v) is 8.32. The average Bonchev–Trinajstić information content (AvgIpc) is 3.10. The minimum atomic E-state index is -3.88. The van der Waals surface area contributed by atoms with Gasteiger partial charge in [-0.15, -0.1) is 0 Å². The van der Waals surface area contributed by atoms with Crippen molar-refractivity contribution in [1.29, 1.82) is 0 Å².